The van der Waals surface area contributed by atoms with Crippen LogP contribution < -0.4 is 10.3 Å². The molecule has 0 unspecified atom stereocenters. The standard InChI is InChI=1S/C13H11N3O4/c1-20-11-8-14-12(15-13(11)17)7-4-9-2-5-10(6-3-9)16(18)19/h2-8H,1H3,(H,14,15,17)/b7-4+. The SMILES string of the molecule is COc1cnc(/C=C/c2ccc([N+](=O)[O-])cc2)[nH]c1=O. The van der Waals surface area contributed by atoms with Gasteiger partial charge in [0.1, 0.15) is 5.82 Å². The summed E-state index contributed by atoms with van der Waals surface area (Å²) in [6, 6.07) is 6.03. The number of aromatic amines is 1. The van der Waals surface area contributed by atoms with Crippen molar-refractivity contribution in [3.05, 3.63) is 62.3 Å². The van der Waals surface area contributed by atoms with Crippen LogP contribution in [0.4, 0.5) is 5.69 Å². The number of aromatic nitrogens is 2. The molecule has 0 saturated heterocycles. The van der Waals surface area contributed by atoms with Crippen LogP contribution in [0.5, 0.6) is 5.75 Å². The number of nitrogens with one attached hydrogen (secondary N) is 1. The van der Waals surface area contributed by atoms with Crippen LogP contribution in [0.3, 0.4) is 0 Å². The van der Waals surface area contributed by atoms with Gasteiger partial charge in [-0.3, -0.25) is 14.9 Å². The van der Waals surface area contributed by atoms with Gasteiger partial charge in [0.2, 0.25) is 5.75 Å². The molecule has 0 spiro atoms. The van der Waals surface area contributed by atoms with E-state index in [1.54, 1.807) is 24.3 Å². The number of hydrogen-bond donors (Lipinski definition) is 1. The molecule has 0 aliphatic heterocycles. The van der Waals surface area contributed by atoms with Gasteiger partial charge in [0.15, 0.2) is 0 Å². The lowest BCUT2D eigenvalue weighted by atomic mass is 10.2. The Bertz CT molecular complexity index is 704. The van der Waals surface area contributed by atoms with Crippen molar-refractivity contribution < 1.29 is 9.66 Å². The first-order valence-electron chi connectivity index (χ1n) is 5.66. The van der Waals surface area contributed by atoms with Gasteiger partial charge in [0.05, 0.1) is 18.2 Å². The minimum atomic E-state index is -0.462. The van der Waals surface area contributed by atoms with E-state index in [-0.39, 0.29) is 17.0 Å². The predicted molar refractivity (Wildman–Crippen MR) is 73.4 cm³/mol. The van der Waals surface area contributed by atoms with E-state index in [1.165, 1.54) is 25.4 Å². The maximum Gasteiger partial charge on any atom is 0.293 e. The highest BCUT2D eigenvalue weighted by molar-refractivity contribution is 5.67. The molecular weight excluding hydrogens is 262 g/mol. The molecule has 102 valence electrons. The van der Waals surface area contributed by atoms with Gasteiger partial charge in [-0.2, -0.15) is 0 Å². The van der Waals surface area contributed by atoms with Crippen molar-refractivity contribution in [2.45, 2.75) is 0 Å². The third kappa shape index (κ3) is 3.08. The first-order chi connectivity index (χ1) is 9.60. The lowest BCUT2D eigenvalue weighted by Gasteiger charge is -1.98. The minimum Gasteiger partial charge on any atom is -0.490 e. The number of rotatable bonds is 4. The highest BCUT2D eigenvalue weighted by atomic mass is 16.6. The van der Waals surface area contributed by atoms with Crippen molar-refractivity contribution in [1.29, 1.82) is 0 Å². The molecular formula is C13H11N3O4. The summed E-state index contributed by atoms with van der Waals surface area (Å²) < 4.78 is 4.80. The summed E-state index contributed by atoms with van der Waals surface area (Å²) in [6.45, 7) is 0. The molecule has 0 fully saturated rings. The Labute approximate surface area is 113 Å². The molecule has 0 atom stereocenters. The Morgan fingerprint density at radius 2 is 2.00 bits per heavy atom. The van der Waals surface area contributed by atoms with Gasteiger partial charge < -0.3 is 9.72 Å². The van der Waals surface area contributed by atoms with Crippen LogP contribution in [0.1, 0.15) is 11.4 Å². The van der Waals surface area contributed by atoms with E-state index < -0.39 is 4.92 Å². The second kappa shape index (κ2) is 5.79. The number of ether oxygens (including phenoxy) is 1. The Morgan fingerprint density at radius 1 is 1.30 bits per heavy atom. The molecule has 1 aromatic heterocycles. The molecule has 7 nitrogen and oxygen atoms in total. The molecule has 1 N–H and O–H groups in total. The number of nitrogens with zero attached hydrogens (tertiary/aromatic N) is 2. The number of nitro benzene ring substituents is 1. The number of methoxy groups -OCH3 is 1. The van der Waals surface area contributed by atoms with E-state index in [1.807, 2.05) is 0 Å². The third-order valence-corrected chi connectivity index (χ3v) is 2.54. The second-order valence-corrected chi connectivity index (χ2v) is 3.85. The maximum absolute atomic E-state index is 11.5. The van der Waals surface area contributed by atoms with E-state index in [4.69, 9.17) is 4.74 Å². The molecule has 2 rings (SSSR count). The van der Waals surface area contributed by atoms with Crippen molar-refractivity contribution >= 4 is 17.8 Å². The summed E-state index contributed by atoms with van der Waals surface area (Å²) in [5, 5.41) is 10.5. The van der Waals surface area contributed by atoms with Gasteiger partial charge in [-0.25, -0.2) is 4.98 Å². The van der Waals surface area contributed by atoms with Gasteiger partial charge in [-0.15, -0.1) is 0 Å². The summed E-state index contributed by atoms with van der Waals surface area (Å²) >= 11 is 0. The van der Waals surface area contributed by atoms with E-state index in [0.29, 0.717) is 5.82 Å². The lowest BCUT2D eigenvalue weighted by molar-refractivity contribution is -0.384. The smallest absolute Gasteiger partial charge is 0.293 e. The number of nitro groups is 1. The zero-order valence-corrected chi connectivity index (χ0v) is 10.6. The monoisotopic (exact) mass is 273 g/mol. The number of benzene rings is 1. The third-order valence-electron chi connectivity index (χ3n) is 2.54. The molecule has 7 heteroatoms. The molecule has 0 bridgehead atoms. The van der Waals surface area contributed by atoms with Gasteiger partial charge in [-0.05, 0) is 23.8 Å². The highest BCUT2D eigenvalue weighted by Crippen LogP contribution is 2.13. The minimum absolute atomic E-state index is 0.0260. The zero-order chi connectivity index (χ0) is 14.5. The van der Waals surface area contributed by atoms with E-state index >= 15 is 0 Å². The average molecular weight is 273 g/mol. The number of hydrogen-bond acceptors (Lipinski definition) is 5. The summed E-state index contributed by atoms with van der Waals surface area (Å²) in [5.74, 6) is 0.506. The summed E-state index contributed by atoms with van der Waals surface area (Å²) in [5.41, 5.74) is 0.415. The van der Waals surface area contributed by atoms with Gasteiger partial charge in [-0.1, -0.05) is 6.08 Å². The number of H-pyrrole nitrogens is 1. The molecule has 0 aliphatic rings. The van der Waals surface area contributed by atoms with E-state index in [9.17, 15) is 14.9 Å². The fraction of sp³-hybridized carbons (Fsp3) is 0.0769. The molecule has 0 radical (unpaired) electrons. The second-order valence-electron chi connectivity index (χ2n) is 3.85. The molecule has 0 aliphatic carbocycles. The van der Waals surface area contributed by atoms with E-state index in [2.05, 4.69) is 9.97 Å². The molecule has 0 saturated carbocycles. The molecule has 1 aromatic carbocycles. The van der Waals surface area contributed by atoms with Gasteiger partial charge in [0.25, 0.3) is 11.2 Å². The van der Waals surface area contributed by atoms with Crippen LogP contribution in [-0.4, -0.2) is 22.0 Å². The van der Waals surface area contributed by atoms with Crippen LogP contribution in [0.25, 0.3) is 12.2 Å². The lowest BCUT2D eigenvalue weighted by Crippen LogP contribution is -2.11. The van der Waals surface area contributed by atoms with Crippen LogP contribution in [0.15, 0.2) is 35.3 Å². The summed E-state index contributed by atoms with van der Waals surface area (Å²) in [7, 11) is 1.39. The Balaban J connectivity index is 2.18. The topological polar surface area (TPSA) is 98.1 Å². The van der Waals surface area contributed by atoms with E-state index in [0.717, 1.165) is 5.56 Å². The molecule has 20 heavy (non-hydrogen) atoms. The van der Waals surface area contributed by atoms with Gasteiger partial charge in [0, 0.05) is 12.1 Å². The fourth-order valence-corrected chi connectivity index (χ4v) is 1.51. The number of non-ortho nitro benzene ring substituents is 1. The fourth-order valence-electron chi connectivity index (χ4n) is 1.51. The Hall–Kier alpha value is -2.96. The van der Waals surface area contributed by atoms with Crippen LogP contribution in [0, 0.1) is 10.1 Å². The van der Waals surface area contributed by atoms with Crippen molar-refractivity contribution in [3.63, 3.8) is 0 Å². The first kappa shape index (κ1) is 13.5. The van der Waals surface area contributed by atoms with Crippen LogP contribution in [0.2, 0.25) is 0 Å². The van der Waals surface area contributed by atoms with Crippen molar-refractivity contribution in [2.24, 2.45) is 0 Å². The highest BCUT2D eigenvalue weighted by Gasteiger charge is 2.03. The van der Waals surface area contributed by atoms with Crippen molar-refractivity contribution in [2.75, 3.05) is 7.11 Å². The molecule has 1 heterocycles. The summed E-state index contributed by atoms with van der Waals surface area (Å²) in [4.78, 5) is 28.1. The van der Waals surface area contributed by atoms with Gasteiger partial charge >= 0.3 is 0 Å². The quantitative estimate of drug-likeness (QED) is 0.677. The van der Waals surface area contributed by atoms with Crippen molar-refractivity contribution in [3.8, 4) is 5.75 Å². The average Bonchev–Trinajstić information content (AvgIpc) is 2.45. The first-order valence-corrected chi connectivity index (χ1v) is 5.66. The summed E-state index contributed by atoms with van der Waals surface area (Å²) in [6.07, 6.45) is 4.62. The normalized spacial score (nSPS) is 10.7. The van der Waals surface area contributed by atoms with Crippen molar-refractivity contribution in [1.82, 2.24) is 9.97 Å². The Morgan fingerprint density at radius 3 is 2.55 bits per heavy atom. The molecule has 2 aromatic rings. The molecule has 0 amide bonds. The van der Waals surface area contributed by atoms with Crippen LogP contribution >= 0.6 is 0 Å². The maximum atomic E-state index is 11.5. The largest absolute Gasteiger partial charge is 0.490 e. The predicted octanol–water partition coefficient (Wildman–Crippen LogP) is 1.86. The van der Waals surface area contributed by atoms with Crippen LogP contribution in [-0.2, 0) is 0 Å². The zero-order valence-electron chi connectivity index (χ0n) is 10.6. The Kier molecular flexibility index (Phi) is 3.90.